The molecule has 19 heavy (non-hydrogen) atoms. The van der Waals surface area contributed by atoms with Crippen LogP contribution < -0.4 is 9.47 Å². The molecule has 8 heteroatoms. The van der Waals surface area contributed by atoms with Gasteiger partial charge in [0.2, 0.25) is 0 Å². The number of ether oxygens (including phenoxy) is 2. The van der Waals surface area contributed by atoms with Crippen molar-refractivity contribution in [2.75, 3.05) is 14.2 Å². The third-order valence-electron chi connectivity index (χ3n) is 2.54. The molecule has 2 N–H and O–H groups in total. The van der Waals surface area contributed by atoms with E-state index in [0.29, 0.717) is 5.75 Å². The van der Waals surface area contributed by atoms with Gasteiger partial charge in [0.25, 0.3) is 0 Å². The molecule has 2 rings (SSSR count). The predicted octanol–water partition coefficient (Wildman–Crippen LogP) is 0.748. The number of fused-ring (bicyclic) bond motifs is 1. The first-order valence-corrected chi connectivity index (χ1v) is 5.10. The summed E-state index contributed by atoms with van der Waals surface area (Å²) >= 11 is 0. The molecule has 0 unspecified atom stereocenters. The molecule has 100 valence electrons. The number of carboxylic acid groups (broad SMARTS) is 2. The zero-order chi connectivity index (χ0) is 14.2. The lowest BCUT2D eigenvalue weighted by molar-refractivity contribution is 0.0649. The molecule has 0 saturated carbocycles. The van der Waals surface area contributed by atoms with Gasteiger partial charge in [0.1, 0.15) is 22.6 Å². The Morgan fingerprint density at radius 2 is 1.89 bits per heavy atom. The van der Waals surface area contributed by atoms with Crippen LogP contribution >= 0.6 is 0 Å². The van der Waals surface area contributed by atoms with E-state index in [1.165, 1.54) is 26.5 Å². The van der Waals surface area contributed by atoms with Crippen LogP contribution in [0.15, 0.2) is 12.3 Å². The van der Waals surface area contributed by atoms with Gasteiger partial charge in [0.15, 0.2) is 5.69 Å². The Hall–Kier alpha value is -2.77. The van der Waals surface area contributed by atoms with Gasteiger partial charge in [-0.3, -0.25) is 0 Å². The number of pyridine rings is 1. The summed E-state index contributed by atoms with van der Waals surface area (Å²) in [6.07, 6.45) is 1.37. The third kappa shape index (κ3) is 1.92. The monoisotopic (exact) mass is 266 g/mol. The van der Waals surface area contributed by atoms with Crippen molar-refractivity contribution in [1.29, 1.82) is 0 Å². The largest absolute Gasteiger partial charge is 0.495 e. The lowest BCUT2D eigenvalue weighted by atomic mass is 10.2. The first kappa shape index (κ1) is 12.7. The van der Waals surface area contributed by atoms with Crippen LogP contribution in [-0.2, 0) is 0 Å². The van der Waals surface area contributed by atoms with Gasteiger partial charge in [0.05, 0.1) is 20.4 Å². The van der Waals surface area contributed by atoms with Crippen molar-refractivity contribution in [3.8, 4) is 11.5 Å². The number of rotatable bonds is 4. The molecule has 0 amide bonds. The number of hydrogen-bond acceptors (Lipinski definition) is 5. The highest BCUT2D eigenvalue weighted by Gasteiger charge is 2.27. The maximum atomic E-state index is 11.2. The fraction of sp³-hybridized carbons (Fsp3) is 0.182. The summed E-state index contributed by atoms with van der Waals surface area (Å²) in [6.45, 7) is 0. The van der Waals surface area contributed by atoms with Gasteiger partial charge in [-0.1, -0.05) is 0 Å². The summed E-state index contributed by atoms with van der Waals surface area (Å²) < 4.78 is 11.2. The van der Waals surface area contributed by atoms with Gasteiger partial charge in [-0.15, -0.1) is 0 Å². The number of carboxylic acids is 2. The Morgan fingerprint density at radius 3 is 2.37 bits per heavy atom. The van der Waals surface area contributed by atoms with Crippen molar-refractivity contribution in [2.45, 2.75) is 0 Å². The van der Waals surface area contributed by atoms with E-state index in [0.717, 1.165) is 4.52 Å². The average molecular weight is 266 g/mol. The van der Waals surface area contributed by atoms with Gasteiger partial charge in [0, 0.05) is 6.07 Å². The molecule has 0 fully saturated rings. The molecule has 0 aliphatic heterocycles. The molecule has 0 spiro atoms. The third-order valence-corrected chi connectivity index (χ3v) is 2.54. The Balaban J connectivity index is 2.91. The lowest BCUT2D eigenvalue weighted by Crippen LogP contribution is -2.06. The van der Waals surface area contributed by atoms with Crippen molar-refractivity contribution < 1.29 is 29.3 Å². The van der Waals surface area contributed by atoms with Crippen LogP contribution in [0.5, 0.6) is 11.5 Å². The first-order chi connectivity index (χ1) is 8.99. The molecule has 0 aromatic carbocycles. The highest BCUT2D eigenvalue weighted by molar-refractivity contribution is 6.07. The fourth-order valence-corrected chi connectivity index (χ4v) is 1.74. The second kappa shape index (κ2) is 4.48. The normalized spacial score (nSPS) is 10.4. The van der Waals surface area contributed by atoms with Crippen molar-refractivity contribution in [2.24, 2.45) is 0 Å². The van der Waals surface area contributed by atoms with E-state index in [1.54, 1.807) is 0 Å². The summed E-state index contributed by atoms with van der Waals surface area (Å²) in [7, 11) is 2.76. The Bertz CT molecular complexity index is 675. The molecule has 2 heterocycles. The Morgan fingerprint density at radius 1 is 1.21 bits per heavy atom. The topological polar surface area (TPSA) is 110 Å². The van der Waals surface area contributed by atoms with E-state index in [1.807, 2.05) is 0 Å². The molecule has 0 atom stereocenters. The minimum Gasteiger partial charge on any atom is -0.495 e. The molecule has 8 nitrogen and oxygen atoms in total. The van der Waals surface area contributed by atoms with E-state index >= 15 is 0 Å². The molecule has 2 aromatic rings. The van der Waals surface area contributed by atoms with Gasteiger partial charge < -0.3 is 19.7 Å². The van der Waals surface area contributed by atoms with Crippen LogP contribution in [-0.4, -0.2) is 46.0 Å². The molecule has 0 radical (unpaired) electrons. The van der Waals surface area contributed by atoms with Crippen molar-refractivity contribution in [1.82, 2.24) is 9.61 Å². The van der Waals surface area contributed by atoms with E-state index < -0.39 is 23.2 Å². The molecule has 2 aromatic heterocycles. The standard InChI is InChI=1S/C11H10N2O6/c1-18-5-3-6(19-2)9-7(10(14)15)8(11(16)17)12-13(9)4-5/h3-4H,1-2H3,(H,14,15)(H,16,17). The Labute approximate surface area is 106 Å². The van der Waals surface area contributed by atoms with E-state index in [-0.39, 0.29) is 11.3 Å². The zero-order valence-corrected chi connectivity index (χ0v) is 10.1. The number of hydrogen-bond donors (Lipinski definition) is 2. The van der Waals surface area contributed by atoms with E-state index in [2.05, 4.69) is 5.10 Å². The highest BCUT2D eigenvalue weighted by atomic mass is 16.5. The number of methoxy groups -OCH3 is 2. The number of aromatic carboxylic acids is 2. The summed E-state index contributed by atoms with van der Waals surface area (Å²) in [5, 5.41) is 21.9. The highest BCUT2D eigenvalue weighted by Crippen LogP contribution is 2.30. The van der Waals surface area contributed by atoms with E-state index in [4.69, 9.17) is 19.7 Å². The summed E-state index contributed by atoms with van der Waals surface area (Å²) in [4.78, 5) is 22.3. The summed E-state index contributed by atoms with van der Waals surface area (Å²) in [5.41, 5.74) is -0.917. The molecule has 0 aliphatic carbocycles. The second-order valence-corrected chi connectivity index (χ2v) is 3.58. The SMILES string of the molecule is COc1cc(OC)c2c(C(=O)O)c(C(=O)O)nn2c1. The van der Waals surface area contributed by atoms with Crippen LogP contribution in [0.2, 0.25) is 0 Å². The molecule has 0 saturated heterocycles. The fourth-order valence-electron chi connectivity index (χ4n) is 1.74. The van der Waals surface area contributed by atoms with Gasteiger partial charge in [-0.05, 0) is 0 Å². The number of nitrogens with zero attached hydrogens (tertiary/aromatic N) is 2. The van der Waals surface area contributed by atoms with Crippen molar-refractivity contribution in [3.63, 3.8) is 0 Å². The van der Waals surface area contributed by atoms with Crippen LogP contribution in [0, 0.1) is 0 Å². The van der Waals surface area contributed by atoms with Crippen LogP contribution in [0.25, 0.3) is 5.52 Å². The van der Waals surface area contributed by atoms with Crippen molar-refractivity contribution >= 4 is 17.5 Å². The average Bonchev–Trinajstić information content (AvgIpc) is 2.76. The molecule has 0 aliphatic rings. The zero-order valence-electron chi connectivity index (χ0n) is 10.1. The predicted molar refractivity (Wildman–Crippen MR) is 62.2 cm³/mol. The van der Waals surface area contributed by atoms with Gasteiger partial charge >= 0.3 is 11.9 Å². The quantitative estimate of drug-likeness (QED) is 0.839. The lowest BCUT2D eigenvalue weighted by Gasteiger charge is -2.06. The van der Waals surface area contributed by atoms with Crippen LogP contribution in [0.3, 0.4) is 0 Å². The Kier molecular flexibility index (Phi) is 2.99. The minimum atomic E-state index is -1.43. The van der Waals surface area contributed by atoms with Gasteiger partial charge in [-0.25, -0.2) is 14.1 Å². The summed E-state index contributed by atoms with van der Waals surface area (Å²) in [5.74, 6) is -2.30. The van der Waals surface area contributed by atoms with Gasteiger partial charge in [-0.2, -0.15) is 5.10 Å². The minimum absolute atomic E-state index is 0.0631. The number of aromatic nitrogens is 2. The van der Waals surface area contributed by atoms with Crippen molar-refractivity contribution in [3.05, 3.63) is 23.5 Å². The maximum Gasteiger partial charge on any atom is 0.357 e. The van der Waals surface area contributed by atoms with Crippen LogP contribution in [0.4, 0.5) is 0 Å². The second-order valence-electron chi connectivity index (χ2n) is 3.58. The molecule has 0 bridgehead atoms. The first-order valence-electron chi connectivity index (χ1n) is 5.10. The summed E-state index contributed by atoms with van der Waals surface area (Å²) in [6, 6.07) is 1.45. The van der Waals surface area contributed by atoms with E-state index in [9.17, 15) is 9.59 Å². The molecular weight excluding hydrogens is 256 g/mol. The molecular formula is C11H10N2O6. The van der Waals surface area contributed by atoms with Crippen LogP contribution in [0.1, 0.15) is 20.8 Å². The maximum absolute atomic E-state index is 11.2. The smallest absolute Gasteiger partial charge is 0.357 e. The number of carbonyl (C=O) groups is 2.